The Morgan fingerprint density at radius 2 is 1.49 bits per heavy atom. The van der Waals surface area contributed by atoms with Crippen LogP contribution in [-0.4, -0.2) is 36.0 Å². The summed E-state index contributed by atoms with van der Waals surface area (Å²) in [6.45, 7) is 17.0. The number of nitrogens with zero attached hydrogens (tertiary/aromatic N) is 5. The number of azo groups is 1. The number of fused-ring (bicyclic) bond motifs is 1. The zero-order valence-electron chi connectivity index (χ0n) is 23.4. The molecular formula is C32H47N5. The van der Waals surface area contributed by atoms with Crippen LogP contribution in [0.25, 0.3) is 0 Å². The summed E-state index contributed by atoms with van der Waals surface area (Å²) in [6, 6.07) is 17.3. The van der Waals surface area contributed by atoms with E-state index in [1.807, 2.05) is 19.2 Å². The van der Waals surface area contributed by atoms with Crippen molar-refractivity contribution in [3.8, 4) is 0 Å². The molecular weight excluding hydrogens is 454 g/mol. The van der Waals surface area contributed by atoms with Gasteiger partial charge in [-0.25, -0.2) is 0 Å². The molecule has 0 aromatic heterocycles. The molecule has 5 nitrogen and oxygen atoms in total. The maximum absolute atomic E-state index is 4.49. The third-order valence-corrected chi connectivity index (χ3v) is 7.00. The number of unbranched alkanes of at least 4 members (excludes halogenated alkanes) is 4. The minimum atomic E-state index is 0.674. The van der Waals surface area contributed by atoms with Gasteiger partial charge in [0.25, 0.3) is 0 Å². The van der Waals surface area contributed by atoms with Crippen molar-refractivity contribution in [2.45, 2.75) is 78.8 Å². The largest absolute Gasteiger partial charge is 0.372 e. The molecule has 0 radical (unpaired) electrons. The average Bonchev–Trinajstić information content (AvgIpc) is 3.34. The fraction of sp³-hybridized carbons (Fsp3) is 0.500. The standard InChI is InChI=1S/C32H47N5/c1-5-8-12-23-37(24-13-9-6-2)32-19-17-31(18-20-32)34-33-28(4)36(21-7-3)25-14-22-35-26-29-15-10-11-16-30(29)27-35/h7,10-11,15-21H,4-6,8-9,12-14,22-27H2,1-3H3/b21-7-,34-33+. The quantitative estimate of drug-likeness (QED) is 0.161. The van der Waals surface area contributed by atoms with Gasteiger partial charge in [0.15, 0.2) is 0 Å². The SMILES string of the molecule is C=C(/N=N/c1ccc(N(CCCCC)CCCCC)cc1)N(/C=C\C)CCCN1Cc2ccccc2C1. The molecule has 3 rings (SSSR count). The summed E-state index contributed by atoms with van der Waals surface area (Å²) in [5, 5.41) is 8.96. The Bertz CT molecular complexity index is 959. The molecule has 1 aliphatic rings. The summed E-state index contributed by atoms with van der Waals surface area (Å²) in [7, 11) is 0. The Morgan fingerprint density at radius 1 is 0.865 bits per heavy atom. The van der Waals surface area contributed by atoms with Crippen LogP contribution in [0.1, 0.15) is 76.8 Å². The van der Waals surface area contributed by atoms with Crippen molar-refractivity contribution in [1.82, 2.24) is 9.80 Å². The molecule has 0 fully saturated rings. The maximum atomic E-state index is 4.49. The van der Waals surface area contributed by atoms with E-state index < -0.39 is 0 Å². The van der Waals surface area contributed by atoms with Crippen LogP contribution in [0.5, 0.6) is 0 Å². The van der Waals surface area contributed by atoms with Gasteiger partial charge in [-0.05, 0) is 61.6 Å². The van der Waals surface area contributed by atoms with E-state index in [1.165, 1.54) is 55.3 Å². The molecule has 2 aromatic rings. The first kappa shape index (κ1) is 28.6. The summed E-state index contributed by atoms with van der Waals surface area (Å²) in [5.41, 5.74) is 5.07. The molecule has 0 saturated carbocycles. The highest BCUT2D eigenvalue weighted by Crippen LogP contribution is 2.24. The predicted molar refractivity (Wildman–Crippen MR) is 158 cm³/mol. The maximum Gasteiger partial charge on any atom is 0.147 e. The van der Waals surface area contributed by atoms with Crippen LogP contribution >= 0.6 is 0 Å². The molecule has 0 bridgehead atoms. The molecule has 0 aliphatic carbocycles. The van der Waals surface area contributed by atoms with Gasteiger partial charge in [-0.2, -0.15) is 0 Å². The number of hydrogen-bond acceptors (Lipinski definition) is 5. The number of hydrogen-bond donors (Lipinski definition) is 0. The summed E-state index contributed by atoms with van der Waals surface area (Å²) in [6.07, 6.45) is 12.7. The van der Waals surface area contributed by atoms with Gasteiger partial charge in [0.1, 0.15) is 5.82 Å². The topological polar surface area (TPSA) is 34.4 Å². The highest BCUT2D eigenvalue weighted by molar-refractivity contribution is 5.52. The summed E-state index contributed by atoms with van der Waals surface area (Å²) in [5.74, 6) is 0.674. The molecule has 0 amide bonds. The Hall–Kier alpha value is -2.92. The molecule has 1 heterocycles. The van der Waals surface area contributed by atoms with E-state index in [4.69, 9.17) is 0 Å². The second kappa shape index (κ2) is 16.0. The lowest BCUT2D eigenvalue weighted by atomic mass is 10.1. The molecule has 0 unspecified atom stereocenters. The van der Waals surface area contributed by atoms with E-state index in [-0.39, 0.29) is 0 Å². The molecule has 0 atom stereocenters. The highest BCUT2D eigenvalue weighted by atomic mass is 15.3. The Morgan fingerprint density at radius 3 is 2.05 bits per heavy atom. The monoisotopic (exact) mass is 501 g/mol. The fourth-order valence-corrected chi connectivity index (χ4v) is 4.87. The van der Waals surface area contributed by atoms with Crippen molar-refractivity contribution >= 4 is 11.4 Å². The first-order valence-electron chi connectivity index (χ1n) is 14.3. The number of rotatable bonds is 17. The lowest BCUT2D eigenvalue weighted by Crippen LogP contribution is -2.25. The Kier molecular flexibility index (Phi) is 12.4. The second-order valence-electron chi connectivity index (χ2n) is 10.0. The third kappa shape index (κ3) is 9.47. The zero-order chi connectivity index (χ0) is 26.3. The van der Waals surface area contributed by atoms with Gasteiger partial charge >= 0.3 is 0 Å². The van der Waals surface area contributed by atoms with E-state index in [9.17, 15) is 0 Å². The minimum Gasteiger partial charge on any atom is -0.372 e. The zero-order valence-corrected chi connectivity index (χ0v) is 23.4. The first-order valence-corrected chi connectivity index (χ1v) is 14.3. The van der Waals surface area contributed by atoms with Crippen LogP contribution in [0.4, 0.5) is 11.4 Å². The molecule has 0 saturated heterocycles. The van der Waals surface area contributed by atoms with Gasteiger partial charge < -0.3 is 9.80 Å². The molecule has 0 spiro atoms. The fourth-order valence-electron chi connectivity index (χ4n) is 4.87. The van der Waals surface area contributed by atoms with Gasteiger partial charge in [-0.1, -0.05) is 76.5 Å². The second-order valence-corrected chi connectivity index (χ2v) is 10.0. The molecule has 2 aromatic carbocycles. The summed E-state index contributed by atoms with van der Waals surface area (Å²) >= 11 is 0. The van der Waals surface area contributed by atoms with Crippen LogP contribution in [0, 0.1) is 0 Å². The molecule has 1 aliphatic heterocycles. The molecule has 5 heteroatoms. The molecule has 0 N–H and O–H groups in total. The van der Waals surface area contributed by atoms with Crippen LogP contribution < -0.4 is 4.90 Å². The summed E-state index contributed by atoms with van der Waals surface area (Å²) in [4.78, 5) is 7.14. The molecule has 200 valence electrons. The van der Waals surface area contributed by atoms with Crippen molar-refractivity contribution in [2.75, 3.05) is 31.1 Å². The van der Waals surface area contributed by atoms with E-state index in [2.05, 4.69) is 93.9 Å². The van der Waals surface area contributed by atoms with Crippen LogP contribution in [0.3, 0.4) is 0 Å². The smallest absolute Gasteiger partial charge is 0.147 e. The van der Waals surface area contributed by atoms with Crippen molar-refractivity contribution in [2.24, 2.45) is 10.2 Å². The highest BCUT2D eigenvalue weighted by Gasteiger charge is 2.17. The van der Waals surface area contributed by atoms with Crippen LogP contribution in [0.2, 0.25) is 0 Å². The van der Waals surface area contributed by atoms with Gasteiger partial charge in [0, 0.05) is 51.2 Å². The van der Waals surface area contributed by atoms with Crippen molar-refractivity contribution in [3.05, 3.63) is 84.3 Å². The van der Waals surface area contributed by atoms with Crippen molar-refractivity contribution in [3.63, 3.8) is 0 Å². The van der Waals surface area contributed by atoms with Gasteiger partial charge in [-0.3, -0.25) is 4.90 Å². The van der Waals surface area contributed by atoms with Gasteiger partial charge in [-0.15, -0.1) is 10.2 Å². The Balaban J connectivity index is 1.50. The number of allylic oxidation sites excluding steroid dienone is 1. The molecule has 37 heavy (non-hydrogen) atoms. The predicted octanol–water partition coefficient (Wildman–Crippen LogP) is 8.67. The lowest BCUT2D eigenvalue weighted by Gasteiger charge is -2.25. The van der Waals surface area contributed by atoms with Crippen molar-refractivity contribution < 1.29 is 0 Å². The summed E-state index contributed by atoms with van der Waals surface area (Å²) < 4.78 is 0. The van der Waals surface area contributed by atoms with Gasteiger partial charge in [0.05, 0.1) is 5.69 Å². The van der Waals surface area contributed by atoms with Crippen LogP contribution in [0.15, 0.2) is 83.4 Å². The minimum absolute atomic E-state index is 0.674. The van der Waals surface area contributed by atoms with Crippen molar-refractivity contribution in [1.29, 1.82) is 0 Å². The van der Waals surface area contributed by atoms with E-state index in [0.717, 1.165) is 51.4 Å². The average molecular weight is 502 g/mol. The lowest BCUT2D eigenvalue weighted by molar-refractivity contribution is 0.267. The van der Waals surface area contributed by atoms with Crippen LogP contribution in [-0.2, 0) is 13.1 Å². The van der Waals surface area contributed by atoms with E-state index in [1.54, 1.807) is 0 Å². The number of anilines is 1. The normalized spacial score (nSPS) is 13.5. The van der Waals surface area contributed by atoms with E-state index >= 15 is 0 Å². The first-order chi connectivity index (χ1) is 18.1. The third-order valence-electron chi connectivity index (χ3n) is 7.00. The van der Waals surface area contributed by atoms with E-state index in [0.29, 0.717) is 5.82 Å². The Labute approximate surface area is 225 Å². The van der Waals surface area contributed by atoms with Gasteiger partial charge in [0.2, 0.25) is 0 Å². The number of benzene rings is 2.